The van der Waals surface area contributed by atoms with Crippen LogP contribution in [0.15, 0.2) is 71.9 Å². The second kappa shape index (κ2) is 8.53. The Kier molecular flexibility index (Phi) is 6.35. The summed E-state index contributed by atoms with van der Waals surface area (Å²) >= 11 is 1.67. The van der Waals surface area contributed by atoms with Crippen molar-refractivity contribution in [3.63, 3.8) is 0 Å². The quantitative estimate of drug-likeness (QED) is 0.644. The molecular formula is C18H19FOS. The van der Waals surface area contributed by atoms with E-state index in [1.165, 1.54) is 5.56 Å². The molecule has 0 radical (unpaired) electrons. The Labute approximate surface area is 129 Å². The fourth-order valence-corrected chi connectivity index (χ4v) is 3.07. The molecule has 2 rings (SSSR count). The van der Waals surface area contributed by atoms with Gasteiger partial charge in [-0.15, -0.1) is 11.8 Å². The van der Waals surface area contributed by atoms with Gasteiger partial charge in [0.15, 0.2) is 0 Å². The normalized spacial score (nSPS) is 12.5. The first-order valence-electron chi connectivity index (χ1n) is 6.93. The Morgan fingerprint density at radius 2 is 1.81 bits per heavy atom. The number of thioether (sulfide) groups is 1. The van der Waals surface area contributed by atoms with Crippen LogP contribution in [0, 0.1) is 0 Å². The van der Waals surface area contributed by atoms with Gasteiger partial charge in [0.2, 0.25) is 0 Å². The minimum absolute atomic E-state index is 0.128. The molecule has 3 heteroatoms. The largest absolute Gasteiger partial charge is 0.497 e. The van der Waals surface area contributed by atoms with Crippen LogP contribution in [0.5, 0.6) is 5.75 Å². The van der Waals surface area contributed by atoms with Crippen molar-refractivity contribution in [3.8, 4) is 5.75 Å². The maximum Gasteiger partial charge on any atom is 0.118 e. The van der Waals surface area contributed by atoms with Crippen molar-refractivity contribution in [2.45, 2.75) is 23.0 Å². The maximum atomic E-state index is 12.6. The van der Waals surface area contributed by atoms with Crippen molar-refractivity contribution in [3.05, 3.63) is 72.6 Å². The highest BCUT2D eigenvalue weighted by molar-refractivity contribution is 8.00. The lowest BCUT2D eigenvalue weighted by molar-refractivity contribution is 0.414. The number of benzene rings is 2. The summed E-state index contributed by atoms with van der Waals surface area (Å²) in [6.45, 7) is 0. The monoisotopic (exact) mass is 302 g/mol. The van der Waals surface area contributed by atoms with Crippen LogP contribution in [0.1, 0.15) is 12.0 Å². The molecule has 21 heavy (non-hydrogen) atoms. The van der Waals surface area contributed by atoms with E-state index in [4.69, 9.17) is 4.74 Å². The number of methoxy groups -OCH3 is 1. The number of hydrogen-bond acceptors (Lipinski definition) is 2. The first-order chi connectivity index (χ1) is 10.3. The van der Waals surface area contributed by atoms with E-state index in [0.717, 1.165) is 23.5 Å². The van der Waals surface area contributed by atoms with Crippen molar-refractivity contribution in [1.82, 2.24) is 0 Å². The lowest BCUT2D eigenvalue weighted by atomic mass is 10.1. The van der Waals surface area contributed by atoms with Crippen LogP contribution in [0.3, 0.4) is 0 Å². The molecule has 0 amide bonds. The van der Waals surface area contributed by atoms with Gasteiger partial charge in [0.25, 0.3) is 0 Å². The summed E-state index contributed by atoms with van der Waals surface area (Å²) in [6.07, 6.45) is 4.12. The molecule has 0 spiro atoms. The third-order valence-electron chi connectivity index (χ3n) is 3.19. The Balaban J connectivity index is 1.94. The molecule has 0 bridgehead atoms. The number of aryl methyl sites for hydroxylation is 1. The van der Waals surface area contributed by atoms with Crippen LogP contribution in [0.2, 0.25) is 0 Å². The van der Waals surface area contributed by atoms with Crippen LogP contribution < -0.4 is 4.74 Å². The van der Waals surface area contributed by atoms with Crippen LogP contribution in [-0.2, 0) is 6.42 Å². The van der Waals surface area contributed by atoms with E-state index >= 15 is 0 Å². The van der Waals surface area contributed by atoms with E-state index in [1.54, 1.807) is 24.9 Å². The number of halogens is 1. The highest BCUT2D eigenvalue weighted by Gasteiger charge is 2.08. The highest BCUT2D eigenvalue weighted by atomic mass is 32.2. The topological polar surface area (TPSA) is 9.23 Å². The van der Waals surface area contributed by atoms with Crippen molar-refractivity contribution >= 4 is 11.8 Å². The average molecular weight is 302 g/mol. The summed E-state index contributed by atoms with van der Waals surface area (Å²) in [5.41, 5.74) is 1.28. The van der Waals surface area contributed by atoms with Gasteiger partial charge in [-0.2, -0.15) is 0 Å². The molecule has 1 nitrogen and oxygen atoms in total. The highest BCUT2D eigenvalue weighted by Crippen LogP contribution is 2.29. The van der Waals surface area contributed by atoms with Gasteiger partial charge in [0, 0.05) is 10.1 Å². The SMILES string of the molecule is COc1ccc(S[C@@H](/C=C/F)CCc2ccccc2)cc1. The third-order valence-corrected chi connectivity index (χ3v) is 4.43. The van der Waals surface area contributed by atoms with Crippen LogP contribution in [0.4, 0.5) is 4.39 Å². The molecule has 0 aliphatic rings. The molecule has 0 saturated heterocycles. The number of hydrogen-bond donors (Lipinski definition) is 0. The summed E-state index contributed by atoms with van der Waals surface area (Å²) < 4.78 is 17.7. The predicted molar refractivity (Wildman–Crippen MR) is 87.7 cm³/mol. The average Bonchev–Trinajstić information content (AvgIpc) is 2.54. The second-order valence-corrected chi connectivity index (χ2v) is 5.99. The molecule has 110 valence electrons. The van der Waals surface area contributed by atoms with Gasteiger partial charge in [-0.3, -0.25) is 0 Å². The summed E-state index contributed by atoms with van der Waals surface area (Å²) in [5, 5.41) is 0.128. The van der Waals surface area contributed by atoms with Crippen LogP contribution in [-0.4, -0.2) is 12.4 Å². The molecule has 0 unspecified atom stereocenters. The van der Waals surface area contributed by atoms with Gasteiger partial charge < -0.3 is 4.74 Å². The maximum absolute atomic E-state index is 12.6. The molecular weight excluding hydrogens is 283 g/mol. The standard InChI is InChI=1S/C18H19FOS/c1-20-16-8-11-17(12-9-16)21-18(13-14-19)10-7-15-5-3-2-4-6-15/h2-6,8-9,11-14,18H,7,10H2,1H3/b14-13+/t18-/m1/s1. The first-order valence-corrected chi connectivity index (χ1v) is 7.81. The van der Waals surface area contributed by atoms with Crippen molar-refractivity contribution in [1.29, 1.82) is 0 Å². The van der Waals surface area contributed by atoms with Gasteiger partial charge in [-0.25, -0.2) is 4.39 Å². The van der Waals surface area contributed by atoms with E-state index in [-0.39, 0.29) is 5.25 Å². The van der Waals surface area contributed by atoms with E-state index in [1.807, 2.05) is 42.5 Å². The minimum Gasteiger partial charge on any atom is -0.497 e. The van der Waals surface area contributed by atoms with Crippen molar-refractivity contribution in [2.24, 2.45) is 0 Å². The molecule has 0 aliphatic heterocycles. The molecule has 0 aromatic heterocycles. The van der Waals surface area contributed by atoms with Gasteiger partial charge in [-0.1, -0.05) is 30.3 Å². The van der Waals surface area contributed by atoms with E-state index < -0.39 is 0 Å². The Morgan fingerprint density at radius 3 is 2.43 bits per heavy atom. The Morgan fingerprint density at radius 1 is 1.10 bits per heavy atom. The molecule has 0 heterocycles. The van der Waals surface area contributed by atoms with Gasteiger partial charge in [-0.05, 0) is 48.7 Å². The molecule has 0 saturated carbocycles. The Hall–Kier alpha value is -1.74. The summed E-state index contributed by atoms with van der Waals surface area (Å²) in [4.78, 5) is 1.12. The minimum atomic E-state index is 0.128. The number of ether oxygens (including phenoxy) is 1. The first kappa shape index (κ1) is 15.6. The second-order valence-electron chi connectivity index (χ2n) is 4.67. The molecule has 0 aliphatic carbocycles. The van der Waals surface area contributed by atoms with E-state index in [9.17, 15) is 4.39 Å². The molecule has 0 fully saturated rings. The van der Waals surface area contributed by atoms with Crippen molar-refractivity contribution < 1.29 is 9.13 Å². The fraction of sp³-hybridized carbons (Fsp3) is 0.222. The van der Waals surface area contributed by atoms with Crippen molar-refractivity contribution in [2.75, 3.05) is 7.11 Å². The number of rotatable bonds is 7. The van der Waals surface area contributed by atoms with Gasteiger partial charge in [0.05, 0.1) is 13.4 Å². The fourth-order valence-electron chi connectivity index (χ4n) is 2.06. The summed E-state index contributed by atoms with van der Waals surface area (Å²) in [5.74, 6) is 0.834. The van der Waals surface area contributed by atoms with Gasteiger partial charge in [0.1, 0.15) is 5.75 Å². The van der Waals surface area contributed by atoms with Crippen LogP contribution in [0.25, 0.3) is 0 Å². The smallest absolute Gasteiger partial charge is 0.118 e. The van der Waals surface area contributed by atoms with E-state index in [0.29, 0.717) is 6.33 Å². The van der Waals surface area contributed by atoms with Crippen LogP contribution >= 0.6 is 11.8 Å². The van der Waals surface area contributed by atoms with Gasteiger partial charge >= 0.3 is 0 Å². The lowest BCUT2D eigenvalue weighted by Gasteiger charge is -2.12. The Bertz CT molecular complexity index is 551. The zero-order chi connectivity index (χ0) is 14.9. The molecule has 2 aromatic rings. The predicted octanol–water partition coefficient (Wildman–Crippen LogP) is 5.27. The van der Waals surface area contributed by atoms with E-state index in [2.05, 4.69) is 12.1 Å². The zero-order valence-electron chi connectivity index (χ0n) is 12.0. The summed E-state index contributed by atoms with van der Waals surface area (Å²) in [7, 11) is 1.65. The molecule has 1 atom stereocenters. The zero-order valence-corrected chi connectivity index (χ0v) is 12.9. The molecule has 2 aromatic carbocycles. The molecule has 0 N–H and O–H groups in total. The third kappa shape index (κ3) is 5.27. The summed E-state index contributed by atoms with van der Waals surface area (Å²) in [6, 6.07) is 18.1. The lowest BCUT2D eigenvalue weighted by Crippen LogP contribution is -2.00.